The highest BCUT2D eigenvalue weighted by Crippen LogP contribution is 2.63. The number of para-hydroxylation sites is 1. The summed E-state index contributed by atoms with van der Waals surface area (Å²) < 4.78 is 6.95. The molecule has 4 heterocycles. The molecule has 2 atom stereocenters. The smallest absolute Gasteiger partial charge is 0.252 e. The minimum Gasteiger partial charge on any atom is -0.456 e. The predicted octanol–water partition coefficient (Wildman–Crippen LogP) is 18.3. The van der Waals surface area contributed by atoms with Gasteiger partial charge in [0.05, 0.1) is 16.9 Å². The molecule has 4 aliphatic rings. The Labute approximate surface area is 459 Å². The molecule has 0 saturated heterocycles. The zero-order valence-electron chi connectivity index (χ0n) is 48.2. The first-order chi connectivity index (χ1) is 36.4. The summed E-state index contributed by atoms with van der Waals surface area (Å²) in [7, 11) is 0. The van der Waals surface area contributed by atoms with Gasteiger partial charge < -0.3 is 19.1 Å². The predicted molar refractivity (Wildman–Crippen MR) is 331 cm³/mol. The topological polar surface area (TPSA) is 22.9 Å². The van der Waals surface area contributed by atoms with Crippen LogP contribution in [0.5, 0.6) is 0 Å². The van der Waals surface area contributed by atoms with Gasteiger partial charge in [0.1, 0.15) is 11.2 Å². The number of nitrogens with zero attached hydrogens (tertiary/aromatic N) is 3. The van der Waals surface area contributed by atoms with Gasteiger partial charge in [-0.3, -0.25) is 0 Å². The average molecular weight is 1010 g/mol. The molecular weight excluding hydrogens is 934 g/mol. The molecule has 0 spiro atoms. The summed E-state index contributed by atoms with van der Waals surface area (Å²) >= 11 is 0. The molecule has 9 aromatic rings. The van der Waals surface area contributed by atoms with Crippen LogP contribution in [0.15, 0.2) is 162 Å². The van der Waals surface area contributed by atoms with E-state index >= 15 is 0 Å². The van der Waals surface area contributed by atoms with E-state index in [0.29, 0.717) is 0 Å². The SMILES string of the molecule is CC(C)(C)c1ccc(N(c2ccc(C(C)(C)C)cc2)c2cc3c4c(c2)N2c5c(cc(C(C)(C)C)cc5C5(C)CCCCC25C)B4c2cc4c(cc2N3c2ccc(C(C)(C)C)cc2-c2ccccc2)oc2ccccc24)cc1. The second-order valence-electron chi connectivity index (χ2n) is 27.8. The maximum atomic E-state index is 6.95. The lowest BCUT2D eigenvalue weighted by atomic mass is 9.33. The lowest BCUT2D eigenvalue weighted by Crippen LogP contribution is -2.64. The zero-order valence-corrected chi connectivity index (χ0v) is 48.2. The van der Waals surface area contributed by atoms with E-state index in [2.05, 4.69) is 269 Å². The standard InChI is InChI=1S/C72H76BN3O/c1-67(2,3)46-26-31-50(32-27-46)74(51-33-28-47(29-34-51)68(4,5)6)52-41-61-65-62(42-52)76-66-56(71(13)36-20-21-37-72(71,76)14)39-49(70(10,11)12)40-58(66)73(65)57-43-55-53-24-18-19-25-63(53)77-64(55)44-60(57)75(61)59-35-30-48(69(7,8)9)38-54(59)45-22-16-15-17-23-45/h15-19,22-35,38-44H,20-21,36-37H2,1-14H3. The van der Waals surface area contributed by atoms with Gasteiger partial charge in [-0.2, -0.15) is 0 Å². The molecule has 13 rings (SSSR count). The summed E-state index contributed by atoms with van der Waals surface area (Å²) in [5.41, 5.74) is 24.5. The van der Waals surface area contributed by atoms with Crippen molar-refractivity contribution in [2.75, 3.05) is 14.7 Å². The molecule has 0 N–H and O–H groups in total. The van der Waals surface area contributed by atoms with Crippen LogP contribution >= 0.6 is 0 Å². The van der Waals surface area contributed by atoms with E-state index in [9.17, 15) is 0 Å². The molecule has 77 heavy (non-hydrogen) atoms. The van der Waals surface area contributed by atoms with Crippen molar-refractivity contribution >= 4 is 90.5 Å². The van der Waals surface area contributed by atoms with Gasteiger partial charge in [0.2, 0.25) is 0 Å². The van der Waals surface area contributed by atoms with E-state index in [-0.39, 0.29) is 39.3 Å². The fourth-order valence-corrected chi connectivity index (χ4v) is 14.1. The summed E-state index contributed by atoms with van der Waals surface area (Å²) in [5.74, 6) is 0. The normalized spacial score (nSPS) is 18.9. The third-order valence-electron chi connectivity index (χ3n) is 18.8. The van der Waals surface area contributed by atoms with Gasteiger partial charge in [-0.25, -0.2) is 0 Å². The van der Waals surface area contributed by atoms with Crippen molar-refractivity contribution < 1.29 is 4.42 Å². The van der Waals surface area contributed by atoms with Gasteiger partial charge in [0.15, 0.2) is 0 Å². The largest absolute Gasteiger partial charge is 0.456 e. The van der Waals surface area contributed by atoms with Crippen molar-refractivity contribution in [3.8, 4) is 11.1 Å². The summed E-state index contributed by atoms with van der Waals surface area (Å²) in [6, 6.07) is 61.1. The first-order valence-electron chi connectivity index (χ1n) is 28.6. The lowest BCUT2D eigenvalue weighted by molar-refractivity contribution is 0.195. The maximum absolute atomic E-state index is 6.95. The first-order valence-corrected chi connectivity index (χ1v) is 28.6. The molecule has 3 aliphatic heterocycles. The maximum Gasteiger partial charge on any atom is 0.252 e. The minimum atomic E-state index is -0.177. The number of hydrogen-bond acceptors (Lipinski definition) is 4. The number of benzene rings is 8. The van der Waals surface area contributed by atoms with Crippen molar-refractivity contribution in [1.29, 1.82) is 0 Å². The summed E-state index contributed by atoms with van der Waals surface area (Å²) in [5, 5.41) is 2.31. The van der Waals surface area contributed by atoms with Gasteiger partial charge in [-0.05, 0) is 146 Å². The number of furan rings is 1. The molecular formula is C72H76BN3O. The second kappa shape index (κ2) is 16.8. The monoisotopic (exact) mass is 1010 g/mol. The van der Waals surface area contributed by atoms with Gasteiger partial charge in [0.25, 0.3) is 6.71 Å². The van der Waals surface area contributed by atoms with Crippen molar-refractivity contribution in [2.45, 2.75) is 155 Å². The van der Waals surface area contributed by atoms with E-state index in [1.165, 1.54) is 85.2 Å². The molecule has 0 bridgehead atoms. The highest BCUT2D eigenvalue weighted by atomic mass is 16.3. The molecule has 4 nitrogen and oxygen atoms in total. The molecule has 8 aromatic carbocycles. The molecule has 1 aromatic heterocycles. The number of rotatable bonds is 5. The number of anilines is 8. The number of fused-ring (bicyclic) bond motifs is 10. The first kappa shape index (κ1) is 49.6. The molecule has 5 heteroatoms. The van der Waals surface area contributed by atoms with Gasteiger partial charge in [-0.15, -0.1) is 0 Å². The van der Waals surface area contributed by atoms with Crippen LogP contribution < -0.4 is 31.1 Å². The molecule has 0 radical (unpaired) electrons. The second-order valence-corrected chi connectivity index (χ2v) is 27.8. The Bertz CT molecular complexity index is 3780. The van der Waals surface area contributed by atoms with Crippen molar-refractivity contribution in [3.63, 3.8) is 0 Å². The Morgan fingerprint density at radius 2 is 1.05 bits per heavy atom. The van der Waals surface area contributed by atoms with Gasteiger partial charge in [-0.1, -0.05) is 200 Å². The third-order valence-corrected chi connectivity index (χ3v) is 18.8. The Balaban J connectivity index is 1.20. The van der Waals surface area contributed by atoms with E-state index in [0.717, 1.165) is 63.2 Å². The van der Waals surface area contributed by atoms with E-state index in [1.807, 2.05) is 0 Å². The van der Waals surface area contributed by atoms with Crippen LogP contribution in [-0.2, 0) is 27.1 Å². The Kier molecular flexibility index (Phi) is 10.8. The Hall–Kier alpha value is -6.98. The van der Waals surface area contributed by atoms with Crippen LogP contribution in [0.3, 0.4) is 0 Å². The molecule has 388 valence electrons. The summed E-state index contributed by atoms with van der Waals surface area (Å²) in [6.07, 6.45) is 4.71. The van der Waals surface area contributed by atoms with Gasteiger partial charge >= 0.3 is 0 Å². The average Bonchev–Trinajstić information content (AvgIpc) is 4.12. The van der Waals surface area contributed by atoms with Crippen LogP contribution in [0.2, 0.25) is 0 Å². The molecule has 0 amide bonds. The zero-order chi connectivity index (χ0) is 53.9. The van der Waals surface area contributed by atoms with Crippen molar-refractivity contribution in [1.82, 2.24) is 0 Å². The van der Waals surface area contributed by atoms with E-state index in [4.69, 9.17) is 4.42 Å². The summed E-state index contributed by atoms with van der Waals surface area (Å²) in [6.45, 7) is 33.3. The van der Waals surface area contributed by atoms with Crippen LogP contribution in [0.1, 0.15) is 150 Å². The number of hydrogen-bond donors (Lipinski definition) is 0. The molecule has 2 unspecified atom stereocenters. The quantitative estimate of drug-likeness (QED) is 0.160. The van der Waals surface area contributed by atoms with Gasteiger partial charge in [0, 0.05) is 61.9 Å². The summed E-state index contributed by atoms with van der Waals surface area (Å²) in [4.78, 5) is 8.10. The highest BCUT2D eigenvalue weighted by molar-refractivity contribution is 7.00. The Morgan fingerprint density at radius 3 is 1.69 bits per heavy atom. The fourth-order valence-electron chi connectivity index (χ4n) is 14.1. The highest BCUT2D eigenvalue weighted by Gasteiger charge is 2.62. The van der Waals surface area contributed by atoms with Crippen LogP contribution in [-0.4, -0.2) is 12.3 Å². The van der Waals surface area contributed by atoms with Crippen LogP contribution in [0.25, 0.3) is 33.1 Å². The minimum absolute atomic E-state index is 0.0106. The lowest BCUT2D eigenvalue weighted by Gasteiger charge is -2.53. The Morgan fingerprint density at radius 1 is 0.468 bits per heavy atom. The molecule has 1 fully saturated rings. The van der Waals surface area contributed by atoms with Crippen molar-refractivity contribution in [3.05, 3.63) is 186 Å². The van der Waals surface area contributed by atoms with Crippen LogP contribution in [0.4, 0.5) is 45.5 Å². The van der Waals surface area contributed by atoms with E-state index < -0.39 is 0 Å². The molecule has 1 aliphatic carbocycles. The molecule has 1 saturated carbocycles. The van der Waals surface area contributed by atoms with Crippen LogP contribution in [0, 0.1) is 0 Å². The fraction of sp³-hybridized carbons (Fsp3) is 0.333. The van der Waals surface area contributed by atoms with Crippen molar-refractivity contribution in [2.24, 2.45) is 0 Å². The van der Waals surface area contributed by atoms with E-state index in [1.54, 1.807) is 0 Å². The third kappa shape index (κ3) is 7.52.